The highest BCUT2D eigenvalue weighted by molar-refractivity contribution is 5.67. The first-order valence-electron chi connectivity index (χ1n) is 7.16. The molecule has 0 unspecified atom stereocenters. The van der Waals surface area contributed by atoms with Crippen LogP contribution in [0.25, 0.3) is 11.3 Å². The van der Waals surface area contributed by atoms with Crippen molar-refractivity contribution in [3.8, 4) is 22.9 Å². The SMILES string of the molecule is O=c1nc(O)cc2n1CCc1cc(OCc3ncco3)ccc1-2. The van der Waals surface area contributed by atoms with Gasteiger partial charge < -0.3 is 14.3 Å². The lowest BCUT2D eigenvalue weighted by Crippen LogP contribution is -2.27. The molecule has 7 heteroatoms. The quantitative estimate of drug-likeness (QED) is 0.792. The minimum Gasteiger partial charge on any atom is -0.493 e. The van der Waals surface area contributed by atoms with Gasteiger partial charge in [-0.3, -0.25) is 4.57 Å². The average Bonchev–Trinajstić information content (AvgIpc) is 3.05. The number of aromatic hydroxyl groups is 1. The number of rotatable bonds is 3. The standard InChI is InChI=1S/C16H13N3O4/c20-14-8-13-12-2-1-11(23-9-15-17-4-6-22-15)7-10(12)3-5-19(13)16(21)18-14/h1-2,4,6-8H,3,5,9H2,(H,18,20,21). The van der Waals surface area contributed by atoms with Crippen LogP contribution in [-0.2, 0) is 19.6 Å². The molecule has 0 bridgehead atoms. The normalized spacial score (nSPS) is 12.5. The Hall–Kier alpha value is -3.09. The molecule has 0 aliphatic carbocycles. The average molecular weight is 311 g/mol. The Balaban J connectivity index is 1.66. The molecule has 4 rings (SSSR count). The van der Waals surface area contributed by atoms with Crippen LogP contribution < -0.4 is 10.4 Å². The van der Waals surface area contributed by atoms with E-state index >= 15 is 0 Å². The maximum Gasteiger partial charge on any atom is 0.351 e. The summed E-state index contributed by atoms with van der Waals surface area (Å²) in [5.74, 6) is 0.949. The predicted molar refractivity (Wildman–Crippen MR) is 80.1 cm³/mol. The molecule has 3 aromatic rings. The summed E-state index contributed by atoms with van der Waals surface area (Å²) in [4.78, 5) is 19.4. The fraction of sp³-hybridized carbons (Fsp3) is 0.188. The van der Waals surface area contributed by atoms with Crippen LogP contribution >= 0.6 is 0 Å². The van der Waals surface area contributed by atoms with Crippen molar-refractivity contribution in [1.29, 1.82) is 0 Å². The number of benzene rings is 1. The largest absolute Gasteiger partial charge is 0.493 e. The van der Waals surface area contributed by atoms with Crippen LogP contribution in [0.3, 0.4) is 0 Å². The first-order valence-corrected chi connectivity index (χ1v) is 7.16. The molecule has 7 nitrogen and oxygen atoms in total. The Morgan fingerprint density at radius 2 is 2.26 bits per heavy atom. The molecule has 0 atom stereocenters. The van der Waals surface area contributed by atoms with Crippen LogP contribution in [0.4, 0.5) is 0 Å². The summed E-state index contributed by atoms with van der Waals surface area (Å²) in [5, 5.41) is 9.57. The first-order chi connectivity index (χ1) is 11.2. The molecule has 1 N–H and O–H groups in total. The van der Waals surface area contributed by atoms with Crippen molar-refractivity contribution in [3.63, 3.8) is 0 Å². The molecule has 23 heavy (non-hydrogen) atoms. The first kappa shape index (κ1) is 13.6. The van der Waals surface area contributed by atoms with Crippen LogP contribution in [0.15, 0.2) is 45.9 Å². The molecule has 0 fully saturated rings. The summed E-state index contributed by atoms with van der Waals surface area (Å²) in [7, 11) is 0. The van der Waals surface area contributed by atoms with Gasteiger partial charge in [0.05, 0.1) is 11.9 Å². The Bertz CT molecular complexity index is 916. The van der Waals surface area contributed by atoms with Crippen molar-refractivity contribution in [2.45, 2.75) is 19.6 Å². The van der Waals surface area contributed by atoms with E-state index < -0.39 is 5.69 Å². The van der Waals surface area contributed by atoms with Crippen LogP contribution in [-0.4, -0.2) is 19.6 Å². The molecule has 1 aliphatic heterocycles. The number of hydrogen-bond acceptors (Lipinski definition) is 6. The van der Waals surface area contributed by atoms with Crippen LogP contribution in [0.2, 0.25) is 0 Å². The lowest BCUT2D eigenvalue weighted by molar-refractivity contribution is 0.263. The molecular weight excluding hydrogens is 298 g/mol. The van der Waals surface area contributed by atoms with Crippen LogP contribution in [0.1, 0.15) is 11.5 Å². The number of nitrogens with zero attached hydrogens (tertiary/aromatic N) is 3. The van der Waals surface area contributed by atoms with Crippen molar-refractivity contribution in [2.24, 2.45) is 0 Å². The predicted octanol–water partition coefficient (Wildman–Crippen LogP) is 1.74. The number of aromatic nitrogens is 3. The Labute approximate surface area is 130 Å². The van der Waals surface area contributed by atoms with Gasteiger partial charge in [-0.2, -0.15) is 4.98 Å². The fourth-order valence-electron chi connectivity index (χ4n) is 2.75. The highest BCUT2D eigenvalue weighted by Crippen LogP contribution is 2.32. The van der Waals surface area contributed by atoms with Crippen molar-refractivity contribution < 1.29 is 14.3 Å². The van der Waals surface area contributed by atoms with Gasteiger partial charge in [-0.1, -0.05) is 0 Å². The maximum atomic E-state index is 11.8. The Kier molecular flexibility index (Phi) is 3.11. The number of ether oxygens (including phenoxy) is 1. The Morgan fingerprint density at radius 1 is 1.35 bits per heavy atom. The van der Waals surface area contributed by atoms with E-state index in [0.29, 0.717) is 30.3 Å². The third kappa shape index (κ3) is 2.46. The van der Waals surface area contributed by atoms with E-state index in [1.54, 1.807) is 10.8 Å². The molecule has 1 aliphatic rings. The zero-order valence-corrected chi connectivity index (χ0v) is 12.1. The van der Waals surface area contributed by atoms with Gasteiger partial charge in [-0.05, 0) is 30.2 Å². The fourth-order valence-corrected chi connectivity index (χ4v) is 2.75. The summed E-state index contributed by atoms with van der Waals surface area (Å²) in [6, 6.07) is 7.14. The van der Waals surface area contributed by atoms with E-state index in [2.05, 4.69) is 9.97 Å². The molecule has 0 saturated heterocycles. The zero-order chi connectivity index (χ0) is 15.8. The second kappa shape index (κ2) is 5.28. The molecule has 0 saturated carbocycles. The number of hydrogen-bond donors (Lipinski definition) is 1. The molecule has 3 heterocycles. The van der Waals surface area contributed by atoms with Crippen molar-refractivity contribution in [3.05, 3.63) is 58.7 Å². The van der Waals surface area contributed by atoms with Crippen molar-refractivity contribution in [2.75, 3.05) is 0 Å². The lowest BCUT2D eigenvalue weighted by atomic mass is 9.97. The number of fused-ring (bicyclic) bond motifs is 3. The third-order valence-corrected chi connectivity index (χ3v) is 3.80. The lowest BCUT2D eigenvalue weighted by Gasteiger charge is -2.21. The molecule has 116 valence electrons. The summed E-state index contributed by atoms with van der Waals surface area (Å²) in [6.45, 7) is 0.782. The van der Waals surface area contributed by atoms with Crippen LogP contribution in [0.5, 0.6) is 11.6 Å². The molecule has 1 aromatic carbocycles. The van der Waals surface area contributed by atoms with E-state index in [1.807, 2.05) is 18.2 Å². The summed E-state index contributed by atoms with van der Waals surface area (Å²) in [6.07, 6.45) is 3.77. The highest BCUT2D eigenvalue weighted by atomic mass is 16.5. The maximum absolute atomic E-state index is 11.8. The van der Waals surface area contributed by atoms with E-state index in [1.165, 1.54) is 12.3 Å². The molecule has 0 spiro atoms. The number of aryl methyl sites for hydroxylation is 1. The summed E-state index contributed by atoms with van der Waals surface area (Å²) in [5.41, 5.74) is 2.19. The van der Waals surface area contributed by atoms with Gasteiger partial charge in [0.1, 0.15) is 12.0 Å². The second-order valence-electron chi connectivity index (χ2n) is 5.22. The number of oxazole rings is 1. The van der Waals surface area contributed by atoms with Gasteiger partial charge in [0.2, 0.25) is 11.8 Å². The van der Waals surface area contributed by atoms with Crippen molar-refractivity contribution in [1.82, 2.24) is 14.5 Å². The molecule has 2 aromatic heterocycles. The molecular formula is C16H13N3O4. The smallest absolute Gasteiger partial charge is 0.351 e. The van der Waals surface area contributed by atoms with Gasteiger partial charge >= 0.3 is 5.69 Å². The van der Waals surface area contributed by atoms with Gasteiger partial charge in [-0.25, -0.2) is 9.78 Å². The Morgan fingerprint density at radius 3 is 3.09 bits per heavy atom. The van der Waals surface area contributed by atoms with Gasteiger partial charge in [-0.15, -0.1) is 0 Å². The topological polar surface area (TPSA) is 90.4 Å². The summed E-state index contributed by atoms with van der Waals surface area (Å²) >= 11 is 0. The monoisotopic (exact) mass is 311 g/mol. The van der Waals surface area contributed by atoms with Gasteiger partial charge in [0.15, 0.2) is 6.61 Å². The van der Waals surface area contributed by atoms with Gasteiger partial charge in [0.25, 0.3) is 0 Å². The van der Waals surface area contributed by atoms with Gasteiger partial charge in [0, 0.05) is 18.2 Å². The highest BCUT2D eigenvalue weighted by Gasteiger charge is 2.19. The van der Waals surface area contributed by atoms with E-state index in [0.717, 1.165) is 11.1 Å². The minimum atomic E-state index is -0.435. The summed E-state index contributed by atoms with van der Waals surface area (Å²) < 4.78 is 12.4. The minimum absolute atomic E-state index is 0.256. The third-order valence-electron chi connectivity index (χ3n) is 3.80. The molecule has 0 amide bonds. The second-order valence-corrected chi connectivity index (χ2v) is 5.22. The van der Waals surface area contributed by atoms with E-state index in [4.69, 9.17) is 9.15 Å². The van der Waals surface area contributed by atoms with E-state index in [-0.39, 0.29) is 12.5 Å². The van der Waals surface area contributed by atoms with Crippen molar-refractivity contribution >= 4 is 0 Å². The van der Waals surface area contributed by atoms with Crippen LogP contribution in [0, 0.1) is 0 Å². The van der Waals surface area contributed by atoms with E-state index in [9.17, 15) is 9.90 Å². The molecule has 0 radical (unpaired) electrons. The zero-order valence-electron chi connectivity index (χ0n) is 12.1.